The van der Waals surface area contributed by atoms with Crippen LogP contribution in [0.25, 0.3) is 0 Å². The molecule has 0 fully saturated rings. The average molecular weight is 284 g/mol. The highest BCUT2D eigenvalue weighted by molar-refractivity contribution is 7.09. The van der Waals surface area contributed by atoms with Gasteiger partial charge in [0.1, 0.15) is 5.76 Å². The van der Waals surface area contributed by atoms with E-state index in [0.29, 0.717) is 0 Å². The molecule has 1 atom stereocenters. The lowest BCUT2D eigenvalue weighted by atomic mass is 10.0. The van der Waals surface area contributed by atoms with Crippen LogP contribution in [0.4, 0.5) is 0 Å². The van der Waals surface area contributed by atoms with Gasteiger partial charge in [-0.3, -0.25) is 5.32 Å². The lowest BCUT2D eigenvalue weighted by Gasteiger charge is -2.16. The van der Waals surface area contributed by atoms with E-state index in [2.05, 4.69) is 27.8 Å². The number of aromatic nitrogens is 1. The van der Waals surface area contributed by atoms with E-state index in [1.165, 1.54) is 5.56 Å². The predicted molar refractivity (Wildman–Crippen MR) is 80.7 cm³/mol. The molecule has 0 amide bonds. The van der Waals surface area contributed by atoms with E-state index < -0.39 is 0 Å². The third-order valence-electron chi connectivity index (χ3n) is 3.11. The maximum Gasteiger partial charge on any atom is 0.125 e. The van der Waals surface area contributed by atoms with Crippen molar-refractivity contribution in [3.8, 4) is 0 Å². The first-order valence-electron chi connectivity index (χ1n) is 6.55. The van der Waals surface area contributed by atoms with Crippen LogP contribution in [-0.4, -0.2) is 4.98 Å². The van der Waals surface area contributed by atoms with E-state index >= 15 is 0 Å². The van der Waals surface area contributed by atoms with Crippen LogP contribution in [0.1, 0.15) is 28.1 Å². The maximum absolute atomic E-state index is 5.56. The summed E-state index contributed by atoms with van der Waals surface area (Å²) in [6.07, 6.45) is 1.71. The number of hydrogen-bond acceptors (Lipinski definition) is 4. The quantitative estimate of drug-likeness (QED) is 0.771. The molecule has 2 heterocycles. The molecule has 1 unspecified atom stereocenters. The molecule has 0 spiro atoms. The Hall–Kier alpha value is -1.91. The van der Waals surface area contributed by atoms with Crippen LogP contribution in [0.3, 0.4) is 0 Å². The number of benzene rings is 1. The van der Waals surface area contributed by atoms with Crippen molar-refractivity contribution < 1.29 is 4.42 Å². The second-order valence-electron chi connectivity index (χ2n) is 4.60. The summed E-state index contributed by atoms with van der Waals surface area (Å²) < 4.78 is 5.56. The predicted octanol–water partition coefficient (Wildman–Crippen LogP) is 3.92. The minimum atomic E-state index is 0.0493. The summed E-state index contributed by atoms with van der Waals surface area (Å²) in [5.74, 6) is 0.920. The molecule has 0 saturated heterocycles. The first-order chi connectivity index (χ1) is 9.83. The minimum Gasteiger partial charge on any atom is -0.467 e. The van der Waals surface area contributed by atoms with Gasteiger partial charge in [0.15, 0.2) is 0 Å². The second-order valence-corrected chi connectivity index (χ2v) is 5.66. The second kappa shape index (κ2) is 6.03. The number of aryl methyl sites for hydroxylation is 1. The van der Waals surface area contributed by atoms with E-state index in [9.17, 15) is 0 Å². The molecule has 4 heteroatoms. The van der Waals surface area contributed by atoms with Crippen LogP contribution in [0.2, 0.25) is 0 Å². The summed E-state index contributed by atoms with van der Waals surface area (Å²) in [5, 5.41) is 6.70. The summed E-state index contributed by atoms with van der Waals surface area (Å²) in [6.45, 7) is 2.75. The van der Waals surface area contributed by atoms with Gasteiger partial charge in [-0.25, -0.2) is 4.98 Å². The van der Waals surface area contributed by atoms with Gasteiger partial charge in [0, 0.05) is 11.9 Å². The topological polar surface area (TPSA) is 38.1 Å². The van der Waals surface area contributed by atoms with Gasteiger partial charge in [0.25, 0.3) is 0 Å². The molecule has 3 nitrogen and oxygen atoms in total. The molecule has 0 saturated carbocycles. The van der Waals surface area contributed by atoms with Crippen molar-refractivity contribution in [2.45, 2.75) is 19.5 Å². The van der Waals surface area contributed by atoms with Crippen LogP contribution in [0.15, 0.2) is 58.5 Å². The normalized spacial score (nSPS) is 12.4. The largest absolute Gasteiger partial charge is 0.467 e. The Labute approximate surface area is 122 Å². The summed E-state index contributed by atoms with van der Waals surface area (Å²) in [6, 6.07) is 14.3. The number of rotatable bonds is 5. The SMILES string of the molecule is Cc1nc(CNC(c2ccccc2)c2ccco2)cs1. The lowest BCUT2D eigenvalue weighted by Crippen LogP contribution is -2.21. The van der Waals surface area contributed by atoms with Crippen LogP contribution in [0.5, 0.6) is 0 Å². The Balaban J connectivity index is 1.80. The molecule has 1 aromatic carbocycles. The van der Waals surface area contributed by atoms with Crippen molar-refractivity contribution in [3.05, 3.63) is 76.1 Å². The van der Waals surface area contributed by atoms with Gasteiger partial charge in [-0.15, -0.1) is 11.3 Å². The number of nitrogens with zero attached hydrogens (tertiary/aromatic N) is 1. The fourth-order valence-corrected chi connectivity index (χ4v) is 2.79. The van der Waals surface area contributed by atoms with Crippen LogP contribution < -0.4 is 5.32 Å². The van der Waals surface area contributed by atoms with Crippen molar-refractivity contribution in [1.29, 1.82) is 0 Å². The average Bonchev–Trinajstić information content (AvgIpc) is 3.12. The van der Waals surface area contributed by atoms with Crippen molar-refractivity contribution in [2.24, 2.45) is 0 Å². The molecule has 2 aromatic heterocycles. The van der Waals surface area contributed by atoms with Crippen LogP contribution >= 0.6 is 11.3 Å². The number of furan rings is 1. The zero-order chi connectivity index (χ0) is 13.8. The molecule has 1 N–H and O–H groups in total. The van der Waals surface area contributed by atoms with Crippen LogP contribution in [-0.2, 0) is 6.54 Å². The minimum absolute atomic E-state index is 0.0493. The first-order valence-corrected chi connectivity index (χ1v) is 7.43. The van der Waals surface area contributed by atoms with Crippen molar-refractivity contribution >= 4 is 11.3 Å². The van der Waals surface area contributed by atoms with Gasteiger partial charge in [0.05, 0.1) is 23.0 Å². The Morgan fingerprint density at radius 2 is 2.05 bits per heavy atom. The lowest BCUT2D eigenvalue weighted by molar-refractivity contribution is 0.444. The van der Waals surface area contributed by atoms with E-state index in [-0.39, 0.29) is 6.04 Å². The van der Waals surface area contributed by atoms with Crippen molar-refractivity contribution in [2.75, 3.05) is 0 Å². The zero-order valence-electron chi connectivity index (χ0n) is 11.2. The van der Waals surface area contributed by atoms with Gasteiger partial charge in [-0.1, -0.05) is 30.3 Å². The molecule has 3 rings (SSSR count). The Morgan fingerprint density at radius 1 is 1.20 bits per heavy atom. The highest BCUT2D eigenvalue weighted by Crippen LogP contribution is 2.23. The molecule has 3 aromatic rings. The number of hydrogen-bond donors (Lipinski definition) is 1. The number of nitrogens with one attached hydrogen (secondary N) is 1. The van der Waals surface area contributed by atoms with Gasteiger partial charge >= 0.3 is 0 Å². The third kappa shape index (κ3) is 2.98. The fourth-order valence-electron chi connectivity index (χ4n) is 2.18. The molecule has 0 aliphatic carbocycles. The van der Waals surface area contributed by atoms with Crippen molar-refractivity contribution in [1.82, 2.24) is 10.3 Å². The van der Waals surface area contributed by atoms with E-state index in [1.807, 2.05) is 37.3 Å². The Kier molecular flexibility index (Phi) is 3.95. The molecular formula is C16H16N2OS. The molecule has 20 heavy (non-hydrogen) atoms. The van der Waals surface area contributed by atoms with Gasteiger partial charge in [-0.2, -0.15) is 0 Å². The fraction of sp³-hybridized carbons (Fsp3) is 0.188. The van der Waals surface area contributed by atoms with E-state index in [0.717, 1.165) is 23.0 Å². The standard InChI is InChI=1S/C16H16N2OS/c1-12-18-14(11-20-12)10-17-16(15-8-5-9-19-15)13-6-3-2-4-7-13/h2-9,11,16-17H,10H2,1H3. The first kappa shape index (κ1) is 13.1. The van der Waals surface area contributed by atoms with Gasteiger partial charge in [-0.05, 0) is 24.6 Å². The van der Waals surface area contributed by atoms with Crippen LogP contribution in [0, 0.1) is 6.92 Å². The molecular weight excluding hydrogens is 268 g/mol. The monoisotopic (exact) mass is 284 g/mol. The molecule has 0 bridgehead atoms. The molecule has 0 radical (unpaired) electrons. The summed E-state index contributed by atoms with van der Waals surface area (Å²) in [5.41, 5.74) is 2.26. The zero-order valence-corrected chi connectivity index (χ0v) is 12.1. The number of thiazole rings is 1. The highest BCUT2D eigenvalue weighted by Gasteiger charge is 2.16. The van der Waals surface area contributed by atoms with Gasteiger partial charge < -0.3 is 4.42 Å². The molecule has 0 aliphatic heterocycles. The van der Waals surface area contributed by atoms with E-state index in [4.69, 9.17) is 4.42 Å². The van der Waals surface area contributed by atoms with E-state index in [1.54, 1.807) is 17.6 Å². The molecule has 102 valence electrons. The summed E-state index contributed by atoms with van der Waals surface area (Å²) in [7, 11) is 0. The summed E-state index contributed by atoms with van der Waals surface area (Å²) in [4.78, 5) is 4.48. The Morgan fingerprint density at radius 3 is 2.70 bits per heavy atom. The molecule has 0 aliphatic rings. The third-order valence-corrected chi connectivity index (χ3v) is 3.94. The smallest absolute Gasteiger partial charge is 0.125 e. The summed E-state index contributed by atoms with van der Waals surface area (Å²) >= 11 is 1.67. The van der Waals surface area contributed by atoms with Crippen molar-refractivity contribution in [3.63, 3.8) is 0 Å². The highest BCUT2D eigenvalue weighted by atomic mass is 32.1. The maximum atomic E-state index is 5.56. The Bertz CT molecular complexity index is 646. The van der Waals surface area contributed by atoms with Gasteiger partial charge in [0.2, 0.25) is 0 Å².